The molecule has 2 aromatic heterocycles. The number of halogens is 1. The second-order valence-corrected chi connectivity index (χ2v) is 3.66. The summed E-state index contributed by atoms with van der Waals surface area (Å²) >= 11 is 5.78. The molecule has 6 heteroatoms. The van der Waals surface area contributed by atoms with Crippen molar-refractivity contribution in [2.24, 2.45) is 0 Å². The number of aromatic nitrogens is 2. The summed E-state index contributed by atoms with van der Waals surface area (Å²) in [6.07, 6.45) is 2.86. The molecule has 1 N–H and O–H groups in total. The average molecular weight is 253 g/mol. The molecule has 2 heterocycles. The van der Waals surface area contributed by atoms with Crippen LogP contribution in [0.5, 0.6) is 11.5 Å². The quantitative estimate of drug-likeness (QED) is 0.825. The number of hydrogen-bond donors (Lipinski definition) is 1. The third-order valence-corrected chi connectivity index (χ3v) is 2.40. The summed E-state index contributed by atoms with van der Waals surface area (Å²) in [6, 6.07) is 4.02. The summed E-state index contributed by atoms with van der Waals surface area (Å²) in [6.45, 7) is 0. The number of pyridine rings is 2. The van der Waals surface area contributed by atoms with Gasteiger partial charge in [-0.3, -0.25) is 9.36 Å². The average Bonchev–Trinajstić information content (AvgIpc) is 2.29. The molecule has 0 atom stereocenters. The van der Waals surface area contributed by atoms with Crippen LogP contribution in [0, 0.1) is 0 Å². The molecule has 0 amide bonds. The van der Waals surface area contributed by atoms with Crippen molar-refractivity contribution in [1.29, 1.82) is 0 Å². The van der Waals surface area contributed by atoms with Gasteiger partial charge in [0.15, 0.2) is 5.75 Å². The largest absolute Gasteiger partial charge is 0.508 e. The summed E-state index contributed by atoms with van der Waals surface area (Å²) in [5.41, 5.74) is 0.0862. The Morgan fingerprint density at radius 2 is 2.24 bits per heavy atom. The van der Waals surface area contributed by atoms with Crippen LogP contribution >= 0.6 is 11.6 Å². The van der Waals surface area contributed by atoms with E-state index in [2.05, 4.69) is 4.98 Å². The maximum absolute atomic E-state index is 11.7. The van der Waals surface area contributed by atoms with Gasteiger partial charge in [0, 0.05) is 18.3 Å². The molecule has 17 heavy (non-hydrogen) atoms. The number of nitrogens with zero attached hydrogens (tertiary/aromatic N) is 2. The highest BCUT2D eigenvalue weighted by Crippen LogP contribution is 2.23. The molecule has 0 aromatic carbocycles. The molecule has 0 saturated carbocycles. The number of ether oxygens (including phenoxy) is 1. The molecule has 2 rings (SSSR count). The molecule has 0 aliphatic rings. The Hall–Kier alpha value is -2.01. The lowest BCUT2D eigenvalue weighted by atomic mass is 10.3. The highest BCUT2D eigenvalue weighted by molar-refractivity contribution is 6.29. The second-order valence-electron chi connectivity index (χ2n) is 3.27. The Morgan fingerprint density at radius 3 is 2.88 bits per heavy atom. The molecular formula is C11H9ClN2O3. The van der Waals surface area contributed by atoms with Gasteiger partial charge in [0.1, 0.15) is 10.9 Å². The summed E-state index contributed by atoms with van der Waals surface area (Å²) in [7, 11) is 1.47. The zero-order chi connectivity index (χ0) is 12.4. The Balaban J connectivity index is 2.67. The fourth-order valence-electron chi connectivity index (χ4n) is 1.42. The van der Waals surface area contributed by atoms with Crippen molar-refractivity contribution in [2.75, 3.05) is 7.11 Å². The van der Waals surface area contributed by atoms with Gasteiger partial charge in [0.2, 0.25) is 0 Å². The standard InChI is InChI=1S/C11H9ClN2O3/c1-17-9-6-13-10(12)5-8(9)14-3-2-7(15)4-11(14)16/h2-6,15H,1H3. The highest BCUT2D eigenvalue weighted by atomic mass is 35.5. The highest BCUT2D eigenvalue weighted by Gasteiger charge is 2.08. The zero-order valence-electron chi connectivity index (χ0n) is 8.92. The Morgan fingerprint density at radius 1 is 1.47 bits per heavy atom. The van der Waals surface area contributed by atoms with Crippen LogP contribution in [0.4, 0.5) is 0 Å². The van der Waals surface area contributed by atoms with Crippen molar-refractivity contribution in [3.05, 3.63) is 46.1 Å². The van der Waals surface area contributed by atoms with Gasteiger partial charge in [-0.2, -0.15) is 0 Å². The predicted molar refractivity (Wildman–Crippen MR) is 63.1 cm³/mol. The van der Waals surface area contributed by atoms with E-state index in [4.69, 9.17) is 16.3 Å². The summed E-state index contributed by atoms with van der Waals surface area (Å²) in [4.78, 5) is 15.6. The van der Waals surface area contributed by atoms with Gasteiger partial charge in [-0.1, -0.05) is 11.6 Å². The van der Waals surface area contributed by atoms with E-state index >= 15 is 0 Å². The Labute approximate surface area is 102 Å². The normalized spacial score (nSPS) is 10.2. The minimum absolute atomic E-state index is 0.0923. The molecule has 0 aliphatic carbocycles. The van der Waals surface area contributed by atoms with Gasteiger partial charge in [0.25, 0.3) is 5.56 Å². The minimum Gasteiger partial charge on any atom is -0.508 e. The van der Waals surface area contributed by atoms with Gasteiger partial charge >= 0.3 is 0 Å². The molecule has 0 saturated heterocycles. The van der Waals surface area contributed by atoms with Crippen LogP contribution in [-0.2, 0) is 0 Å². The van der Waals surface area contributed by atoms with E-state index in [0.717, 1.165) is 6.07 Å². The summed E-state index contributed by atoms with van der Waals surface area (Å²) < 4.78 is 6.41. The Kier molecular flexibility index (Phi) is 3.01. The number of aromatic hydroxyl groups is 1. The molecule has 5 nitrogen and oxygen atoms in total. The lowest BCUT2D eigenvalue weighted by molar-refractivity contribution is 0.410. The smallest absolute Gasteiger partial charge is 0.258 e. The first-order valence-corrected chi connectivity index (χ1v) is 5.11. The summed E-state index contributed by atoms with van der Waals surface area (Å²) in [5.74, 6) is 0.326. The number of methoxy groups -OCH3 is 1. The van der Waals surface area contributed by atoms with E-state index < -0.39 is 0 Å². The van der Waals surface area contributed by atoms with Crippen LogP contribution in [0.2, 0.25) is 5.15 Å². The fraction of sp³-hybridized carbons (Fsp3) is 0.0909. The van der Waals surface area contributed by atoms with Gasteiger partial charge in [-0.15, -0.1) is 0 Å². The first kappa shape index (κ1) is 11.5. The fourth-order valence-corrected chi connectivity index (χ4v) is 1.57. The molecule has 0 spiro atoms. The van der Waals surface area contributed by atoms with Gasteiger partial charge in [-0.05, 0) is 6.07 Å². The zero-order valence-corrected chi connectivity index (χ0v) is 9.68. The topological polar surface area (TPSA) is 64.3 Å². The van der Waals surface area contributed by atoms with E-state index in [9.17, 15) is 9.90 Å². The van der Waals surface area contributed by atoms with Crippen molar-refractivity contribution >= 4 is 11.6 Å². The van der Waals surface area contributed by atoms with E-state index in [-0.39, 0.29) is 16.5 Å². The molecule has 88 valence electrons. The maximum atomic E-state index is 11.7. The molecule has 0 unspecified atom stereocenters. The second kappa shape index (κ2) is 4.47. The van der Waals surface area contributed by atoms with E-state index in [0.29, 0.717) is 11.4 Å². The third-order valence-electron chi connectivity index (χ3n) is 2.20. The number of hydrogen-bond acceptors (Lipinski definition) is 4. The summed E-state index contributed by atoms with van der Waals surface area (Å²) in [5, 5.41) is 9.43. The van der Waals surface area contributed by atoms with Crippen LogP contribution in [-0.4, -0.2) is 21.8 Å². The van der Waals surface area contributed by atoms with Gasteiger partial charge in [-0.25, -0.2) is 4.98 Å². The van der Waals surface area contributed by atoms with Crippen molar-refractivity contribution in [2.45, 2.75) is 0 Å². The molecule has 0 bridgehead atoms. The molecule has 0 fully saturated rings. The number of rotatable bonds is 2. The SMILES string of the molecule is COc1cnc(Cl)cc1-n1ccc(O)cc1=O. The molecule has 0 radical (unpaired) electrons. The van der Waals surface area contributed by atoms with Crippen LogP contribution in [0.25, 0.3) is 5.69 Å². The van der Waals surface area contributed by atoms with Crippen molar-refractivity contribution < 1.29 is 9.84 Å². The van der Waals surface area contributed by atoms with E-state index in [1.807, 2.05) is 0 Å². The van der Waals surface area contributed by atoms with Crippen LogP contribution in [0.15, 0.2) is 35.4 Å². The third kappa shape index (κ3) is 2.24. The Bertz CT molecular complexity index is 610. The van der Waals surface area contributed by atoms with Crippen LogP contribution in [0.1, 0.15) is 0 Å². The minimum atomic E-state index is -0.384. The van der Waals surface area contributed by atoms with E-state index in [1.54, 1.807) is 0 Å². The van der Waals surface area contributed by atoms with Gasteiger partial charge in [0.05, 0.1) is 19.0 Å². The monoisotopic (exact) mass is 252 g/mol. The molecule has 0 aliphatic heterocycles. The van der Waals surface area contributed by atoms with Crippen molar-refractivity contribution in [3.63, 3.8) is 0 Å². The van der Waals surface area contributed by atoms with E-state index in [1.165, 1.54) is 36.2 Å². The first-order valence-electron chi connectivity index (χ1n) is 4.73. The predicted octanol–water partition coefficient (Wildman–Crippen LogP) is 1.60. The van der Waals surface area contributed by atoms with Crippen LogP contribution < -0.4 is 10.3 Å². The maximum Gasteiger partial charge on any atom is 0.258 e. The van der Waals surface area contributed by atoms with Crippen molar-refractivity contribution in [3.8, 4) is 17.2 Å². The van der Waals surface area contributed by atoms with Crippen molar-refractivity contribution in [1.82, 2.24) is 9.55 Å². The molecular weight excluding hydrogens is 244 g/mol. The lowest BCUT2D eigenvalue weighted by Gasteiger charge is -2.10. The van der Waals surface area contributed by atoms with Gasteiger partial charge < -0.3 is 9.84 Å². The molecule has 2 aromatic rings. The first-order chi connectivity index (χ1) is 8.11. The van der Waals surface area contributed by atoms with Crippen LogP contribution in [0.3, 0.4) is 0 Å². The lowest BCUT2D eigenvalue weighted by Crippen LogP contribution is -2.16.